The van der Waals surface area contributed by atoms with Gasteiger partial charge in [-0.05, 0) is 31.5 Å². The van der Waals surface area contributed by atoms with E-state index < -0.39 is 15.4 Å². The van der Waals surface area contributed by atoms with Gasteiger partial charge in [0, 0.05) is 16.6 Å². The third-order valence-corrected chi connectivity index (χ3v) is 5.89. The van der Waals surface area contributed by atoms with Gasteiger partial charge in [0.15, 0.2) is 9.84 Å². The Hall–Kier alpha value is -1.89. The van der Waals surface area contributed by atoms with E-state index in [1.807, 2.05) is 6.92 Å². The maximum absolute atomic E-state index is 12.3. The van der Waals surface area contributed by atoms with Crippen molar-refractivity contribution in [3.8, 4) is 0 Å². The molecule has 6 nitrogen and oxygen atoms in total. The van der Waals surface area contributed by atoms with Crippen LogP contribution >= 0.6 is 0 Å². The summed E-state index contributed by atoms with van der Waals surface area (Å²) in [5.41, 5.74) is 1.66. The minimum atomic E-state index is -2.98. The van der Waals surface area contributed by atoms with Gasteiger partial charge < -0.3 is 5.32 Å². The lowest BCUT2D eigenvalue weighted by Gasteiger charge is -2.38. The number of nitrogens with zero attached hydrogens (tertiary/aromatic N) is 1. The third kappa shape index (κ3) is 2.53. The minimum Gasteiger partial charge on any atom is -0.345 e. The summed E-state index contributed by atoms with van der Waals surface area (Å²) in [6.07, 6.45) is 0.803. The summed E-state index contributed by atoms with van der Waals surface area (Å²) in [7, 11) is -2.98. The number of H-pyrrole nitrogens is 1. The smallest absolute Gasteiger partial charge is 0.251 e. The van der Waals surface area contributed by atoms with Gasteiger partial charge >= 0.3 is 0 Å². The summed E-state index contributed by atoms with van der Waals surface area (Å²) in [6, 6.07) is 5.29. The Morgan fingerprint density at radius 2 is 2.14 bits per heavy atom. The van der Waals surface area contributed by atoms with Gasteiger partial charge in [-0.2, -0.15) is 5.10 Å². The third-order valence-electron chi connectivity index (χ3n) is 3.74. The van der Waals surface area contributed by atoms with Gasteiger partial charge in [-0.1, -0.05) is 6.92 Å². The quantitative estimate of drug-likeness (QED) is 0.886. The topological polar surface area (TPSA) is 91.9 Å². The van der Waals surface area contributed by atoms with Crippen molar-refractivity contribution in [2.24, 2.45) is 0 Å². The molecule has 0 aliphatic carbocycles. The van der Waals surface area contributed by atoms with Crippen molar-refractivity contribution in [3.05, 3.63) is 29.5 Å². The van der Waals surface area contributed by atoms with Crippen LogP contribution in [0.4, 0.5) is 0 Å². The molecule has 2 heterocycles. The second kappa shape index (κ2) is 4.56. The zero-order valence-corrected chi connectivity index (χ0v) is 12.8. The molecule has 0 unspecified atom stereocenters. The molecule has 112 valence electrons. The Bertz CT molecular complexity index is 811. The Kier molecular flexibility index (Phi) is 3.05. The molecule has 1 saturated heterocycles. The Morgan fingerprint density at radius 1 is 1.43 bits per heavy atom. The predicted molar refractivity (Wildman–Crippen MR) is 80.0 cm³/mol. The van der Waals surface area contributed by atoms with Crippen LogP contribution in [-0.2, 0) is 16.3 Å². The summed E-state index contributed by atoms with van der Waals surface area (Å²) in [5, 5.41) is 10.9. The van der Waals surface area contributed by atoms with Gasteiger partial charge in [-0.25, -0.2) is 8.42 Å². The van der Waals surface area contributed by atoms with Crippen molar-refractivity contribution < 1.29 is 13.2 Å². The predicted octanol–water partition coefficient (Wildman–Crippen LogP) is 1.04. The van der Waals surface area contributed by atoms with Crippen molar-refractivity contribution in [1.82, 2.24) is 15.5 Å². The van der Waals surface area contributed by atoms with Crippen LogP contribution in [0, 0.1) is 0 Å². The molecule has 1 aliphatic rings. The molecule has 0 spiro atoms. The number of aromatic amines is 1. The first-order chi connectivity index (χ1) is 9.82. The second-order valence-corrected chi connectivity index (χ2v) is 7.90. The zero-order chi connectivity index (χ0) is 15.3. The van der Waals surface area contributed by atoms with Gasteiger partial charge in [-0.3, -0.25) is 9.89 Å². The normalized spacial score (nSPS) is 19.1. The van der Waals surface area contributed by atoms with Gasteiger partial charge in [-0.15, -0.1) is 0 Å². The first-order valence-corrected chi connectivity index (χ1v) is 8.64. The zero-order valence-electron chi connectivity index (χ0n) is 11.9. The first kappa shape index (κ1) is 14.1. The highest BCUT2D eigenvalue weighted by atomic mass is 32.2. The lowest BCUT2D eigenvalue weighted by molar-refractivity contribution is 0.0917. The monoisotopic (exact) mass is 307 g/mol. The lowest BCUT2D eigenvalue weighted by atomic mass is 10.0. The number of aryl methyl sites for hydroxylation is 1. The lowest BCUT2D eigenvalue weighted by Crippen LogP contribution is -2.63. The van der Waals surface area contributed by atoms with Gasteiger partial charge in [0.1, 0.15) is 0 Å². The molecule has 1 aromatic heterocycles. The molecule has 2 aromatic rings. The maximum atomic E-state index is 12.3. The van der Waals surface area contributed by atoms with Crippen LogP contribution in [0.5, 0.6) is 0 Å². The van der Waals surface area contributed by atoms with Crippen molar-refractivity contribution in [2.45, 2.75) is 25.8 Å². The van der Waals surface area contributed by atoms with E-state index in [9.17, 15) is 13.2 Å². The van der Waals surface area contributed by atoms with Crippen molar-refractivity contribution >= 4 is 26.6 Å². The molecule has 0 radical (unpaired) electrons. The average molecular weight is 307 g/mol. The van der Waals surface area contributed by atoms with Crippen LogP contribution < -0.4 is 5.32 Å². The molecule has 1 fully saturated rings. The molecule has 3 rings (SSSR count). The summed E-state index contributed by atoms with van der Waals surface area (Å²) < 4.78 is 22.6. The van der Waals surface area contributed by atoms with E-state index in [0.717, 1.165) is 23.0 Å². The summed E-state index contributed by atoms with van der Waals surface area (Å²) in [4.78, 5) is 12.3. The van der Waals surface area contributed by atoms with E-state index in [0.29, 0.717) is 5.56 Å². The fourth-order valence-corrected chi connectivity index (χ4v) is 4.82. The van der Waals surface area contributed by atoms with E-state index in [1.165, 1.54) is 0 Å². The highest BCUT2D eigenvalue weighted by Gasteiger charge is 2.45. The number of rotatable bonds is 3. The molecule has 7 heteroatoms. The van der Waals surface area contributed by atoms with Crippen LogP contribution in [0.2, 0.25) is 0 Å². The number of hydrogen-bond acceptors (Lipinski definition) is 4. The maximum Gasteiger partial charge on any atom is 0.251 e. The van der Waals surface area contributed by atoms with E-state index in [4.69, 9.17) is 0 Å². The van der Waals surface area contributed by atoms with Crippen molar-refractivity contribution in [2.75, 3.05) is 11.5 Å². The molecule has 1 aliphatic heterocycles. The number of carbonyl (C=O) groups excluding carboxylic acids is 1. The second-order valence-electron chi connectivity index (χ2n) is 5.83. The van der Waals surface area contributed by atoms with E-state index in [1.54, 1.807) is 25.1 Å². The molecular formula is C14H17N3O3S. The number of aromatic nitrogens is 2. The molecule has 2 N–H and O–H groups in total. The van der Waals surface area contributed by atoms with E-state index >= 15 is 0 Å². The van der Waals surface area contributed by atoms with Gasteiger partial charge in [0.25, 0.3) is 5.91 Å². The molecular weight excluding hydrogens is 290 g/mol. The van der Waals surface area contributed by atoms with Crippen LogP contribution in [0.1, 0.15) is 29.9 Å². The van der Waals surface area contributed by atoms with E-state index in [-0.39, 0.29) is 17.4 Å². The fraction of sp³-hybridized carbons (Fsp3) is 0.429. The summed E-state index contributed by atoms with van der Waals surface area (Å²) in [6.45, 7) is 3.76. The number of sulfone groups is 1. The van der Waals surface area contributed by atoms with Crippen LogP contribution in [0.3, 0.4) is 0 Å². The number of benzene rings is 1. The van der Waals surface area contributed by atoms with Crippen LogP contribution in [0.15, 0.2) is 18.2 Å². The average Bonchev–Trinajstić information content (AvgIpc) is 2.77. The highest BCUT2D eigenvalue weighted by Crippen LogP contribution is 2.24. The molecule has 0 atom stereocenters. The Morgan fingerprint density at radius 3 is 2.76 bits per heavy atom. The van der Waals surface area contributed by atoms with Crippen LogP contribution in [0.25, 0.3) is 10.9 Å². The molecule has 21 heavy (non-hydrogen) atoms. The molecule has 0 saturated carbocycles. The Labute approximate surface area is 122 Å². The number of fused-ring (bicyclic) bond motifs is 1. The first-order valence-electron chi connectivity index (χ1n) is 6.82. The fourth-order valence-electron chi connectivity index (χ4n) is 2.82. The summed E-state index contributed by atoms with van der Waals surface area (Å²) in [5.74, 6) is -0.252. The van der Waals surface area contributed by atoms with Gasteiger partial charge in [0.05, 0.1) is 22.6 Å². The number of nitrogens with one attached hydrogen (secondary N) is 2. The SMILES string of the molecule is CCc1[nH]nc2ccc(C(=O)NC3(C)CS(=O)(=O)C3)cc12. The standard InChI is InChI=1S/C14H17N3O3S/c1-3-11-10-6-9(4-5-12(10)17-16-11)13(18)15-14(2)7-21(19,20)8-14/h4-6H,3,7-8H2,1-2H3,(H,15,18)(H,16,17). The number of amides is 1. The number of hydrogen-bond donors (Lipinski definition) is 2. The molecule has 1 amide bonds. The largest absolute Gasteiger partial charge is 0.345 e. The number of carbonyl (C=O) groups is 1. The van der Waals surface area contributed by atoms with Crippen molar-refractivity contribution in [1.29, 1.82) is 0 Å². The van der Waals surface area contributed by atoms with E-state index in [2.05, 4.69) is 15.5 Å². The minimum absolute atomic E-state index is 0.0000946. The Balaban J connectivity index is 1.85. The van der Waals surface area contributed by atoms with Gasteiger partial charge in [0.2, 0.25) is 0 Å². The summed E-state index contributed by atoms with van der Waals surface area (Å²) >= 11 is 0. The molecule has 1 aromatic carbocycles. The van der Waals surface area contributed by atoms with Crippen molar-refractivity contribution in [3.63, 3.8) is 0 Å². The highest BCUT2D eigenvalue weighted by molar-refractivity contribution is 7.93. The van der Waals surface area contributed by atoms with Crippen LogP contribution in [-0.4, -0.2) is 41.6 Å². The molecule has 0 bridgehead atoms.